The van der Waals surface area contributed by atoms with Gasteiger partial charge < -0.3 is 10.1 Å². The van der Waals surface area contributed by atoms with Crippen LogP contribution >= 0.6 is 11.6 Å². The predicted molar refractivity (Wildman–Crippen MR) is 86.1 cm³/mol. The van der Waals surface area contributed by atoms with Crippen LogP contribution < -0.4 is 10.1 Å². The van der Waals surface area contributed by atoms with Gasteiger partial charge in [-0.3, -0.25) is 4.79 Å². The highest BCUT2D eigenvalue weighted by atomic mass is 35.5. The Labute approximate surface area is 134 Å². The minimum absolute atomic E-state index is 0.142. The lowest BCUT2D eigenvalue weighted by atomic mass is 10.1. The molecule has 1 N–H and O–H groups in total. The van der Waals surface area contributed by atoms with E-state index in [9.17, 15) is 9.18 Å². The fourth-order valence-electron chi connectivity index (χ4n) is 2.02. The molecule has 0 bridgehead atoms. The van der Waals surface area contributed by atoms with Crippen LogP contribution in [0.2, 0.25) is 5.02 Å². The molecular formula is C17H17ClFNO2. The Morgan fingerprint density at radius 2 is 2.05 bits per heavy atom. The van der Waals surface area contributed by atoms with Gasteiger partial charge in [-0.05, 0) is 48.7 Å². The summed E-state index contributed by atoms with van der Waals surface area (Å²) in [5.74, 6) is -0.371. The average Bonchev–Trinajstić information content (AvgIpc) is 2.49. The van der Waals surface area contributed by atoms with Crippen LogP contribution in [0.4, 0.5) is 10.1 Å². The van der Waals surface area contributed by atoms with Gasteiger partial charge in [0.05, 0.1) is 7.11 Å². The number of ether oxygens (including phenoxy) is 1. The normalized spacial score (nSPS) is 10.4. The zero-order valence-corrected chi connectivity index (χ0v) is 13.2. The summed E-state index contributed by atoms with van der Waals surface area (Å²) < 4.78 is 18.4. The molecule has 0 radical (unpaired) electrons. The molecule has 2 rings (SSSR count). The molecule has 0 unspecified atom stereocenters. The van der Waals surface area contributed by atoms with E-state index in [0.29, 0.717) is 17.1 Å². The number of methoxy groups -OCH3 is 1. The lowest BCUT2D eigenvalue weighted by molar-refractivity contribution is -0.116. The summed E-state index contributed by atoms with van der Waals surface area (Å²) in [7, 11) is 1.41. The van der Waals surface area contributed by atoms with Crippen LogP contribution in [0.5, 0.6) is 5.75 Å². The lowest BCUT2D eigenvalue weighted by Gasteiger charge is -2.08. The van der Waals surface area contributed by atoms with Crippen molar-refractivity contribution < 1.29 is 13.9 Å². The minimum atomic E-state index is -0.425. The smallest absolute Gasteiger partial charge is 0.224 e. The fraction of sp³-hybridized carbons (Fsp3) is 0.235. The number of carbonyl (C=O) groups excluding carboxylic acids is 1. The largest absolute Gasteiger partial charge is 0.494 e. The summed E-state index contributed by atoms with van der Waals surface area (Å²) in [5.41, 5.74) is 2.35. The number of nitrogens with one attached hydrogen (secondary N) is 1. The van der Waals surface area contributed by atoms with Crippen molar-refractivity contribution in [3.8, 4) is 5.75 Å². The number of hydrogen-bond donors (Lipinski definition) is 1. The molecule has 3 nitrogen and oxygen atoms in total. The quantitative estimate of drug-likeness (QED) is 0.888. The molecule has 0 heterocycles. The molecular weight excluding hydrogens is 305 g/mol. The minimum Gasteiger partial charge on any atom is -0.494 e. The van der Waals surface area contributed by atoms with E-state index in [1.54, 1.807) is 24.3 Å². The van der Waals surface area contributed by atoms with Gasteiger partial charge in [-0.15, -0.1) is 0 Å². The first-order valence-corrected chi connectivity index (χ1v) is 7.26. The van der Waals surface area contributed by atoms with Gasteiger partial charge in [0.25, 0.3) is 0 Å². The monoisotopic (exact) mass is 321 g/mol. The van der Waals surface area contributed by atoms with E-state index in [4.69, 9.17) is 16.3 Å². The summed E-state index contributed by atoms with van der Waals surface area (Å²) in [6, 6.07) is 10.0. The SMILES string of the molecule is COc1ccc(CCC(=O)Nc2ccc(C)c(Cl)c2)cc1F. The summed E-state index contributed by atoms with van der Waals surface area (Å²) in [4.78, 5) is 11.9. The molecule has 0 spiro atoms. The Morgan fingerprint density at radius 3 is 2.68 bits per heavy atom. The van der Waals surface area contributed by atoms with Crippen molar-refractivity contribution >= 4 is 23.2 Å². The maximum Gasteiger partial charge on any atom is 0.224 e. The highest BCUT2D eigenvalue weighted by molar-refractivity contribution is 6.31. The second kappa shape index (κ2) is 7.27. The highest BCUT2D eigenvalue weighted by Crippen LogP contribution is 2.21. The van der Waals surface area contributed by atoms with Crippen LogP contribution in [0, 0.1) is 12.7 Å². The van der Waals surface area contributed by atoms with Crippen LogP contribution in [-0.4, -0.2) is 13.0 Å². The van der Waals surface area contributed by atoms with Crippen molar-refractivity contribution in [1.29, 1.82) is 0 Å². The summed E-state index contributed by atoms with van der Waals surface area (Å²) in [6.45, 7) is 1.89. The zero-order valence-electron chi connectivity index (χ0n) is 12.5. The molecule has 0 saturated heterocycles. The number of anilines is 1. The Kier molecular flexibility index (Phi) is 5.39. The molecule has 1 amide bonds. The lowest BCUT2D eigenvalue weighted by Crippen LogP contribution is -2.12. The van der Waals surface area contributed by atoms with Crippen LogP contribution in [0.25, 0.3) is 0 Å². The molecule has 0 fully saturated rings. The van der Waals surface area contributed by atoms with E-state index >= 15 is 0 Å². The van der Waals surface area contributed by atoms with Gasteiger partial charge in [0, 0.05) is 17.1 Å². The molecule has 2 aromatic carbocycles. The molecule has 0 atom stereocenters. The Balaban J connectivity index is 1.92. The van der Waals surface area contributed by atoms with Gasteiger partial charge >= 0.3 is 0 Å². The molecule has 0 aliphatic rings. The first-order chi connectivity index (χ1) is 10.5. The van der Waals surface area contributed by atoms with E-state index in [0.717, 1.165) is 11.1 Å². The van der Waals surface area contributed by atoms with Crippen LogP contribution in [0.3, 0.4) is 0 Å². The summed E-state index contributed by atoms with van der Waals surface area (Å²) in [5, 5.41) is 3.38. The third-order valence-electron chi connectivity index (χ3n) is 3.31. The molecule has 22 heavy (non-hydrogen) atoms. The van der Waals surface area contributed by atoms with Crippen molar-refractivity contribution in [2.75, 3.05) is 12.4 Å². The summed E-state index contributed by atoms with van der Waals surface area (Å²) in [6.07, 6.45) is 0.712. The van der Waals surface area contributed by atoms with Crippen molar-refractivity contribution in [1.82, 2.24) is 0 Å². The highest BCUT2D eigenvalue weighted by Gasteiger charge is 2.07. The number of halogens is 2. The van der Waals surface area contributed by atoms with Gasteiger partial charge in [0.1, 0.15) is 0 Å². The molecule has 116 valence electrons. The number of rotatable bonds is 5. The van der Waals surface area contributed by atoms with Gasteiger partial charge in [-0.25, -0.2) is 4.39 Å². The maximum absolute atomic E-state index is 13.6. The molecule has 0 saturated carbocycles. The van der Waals surface area contributed by atoms with Crippen molar-refractivity contribution in [3.63, 3.8) is 0 Å². The van der Waals surface area contributed by atoms with E-state index in [2.05, 4.69) is 5.32 Å². The average molecular weight is 322 g/mol. The second-order valence-electron chi connectivity index (χ2n) is 4.98. The molecule has 0 aromatic heterocycles. The topological polar surface area (TPSA) is 38.3 Å². The first kappa shape index (κ1) is 16.3. The van der Waals surface area contributed by atoms with E-state index < -0.39 is 5.82 Å². The van der Waals surface area contributed by atoms with Crippen molar-refractivity contribution in [2.24, 2.45) is 0 Å². The molecule has 5 heteroatoms. The van der Waals surface area contributed by atoms with Gasteiger partial charge in [-0.1, -0.05) is 23.7 Å². The molecule has 2 aromatic rings. The van der Waals surface area contributed by atoms with Crippen LogP contribution in [0.15, 0.2) is 36.4 Å². The van der Waals surface area contributed by atoms with E-state index in [1.807, 2.05) is 13.0 Å². The van der Waals surface area contributed by atoms with Crippen molar-refractivity contribution in [3.05, 3.63) is 58.4 Å². The van der Waals surface area contributed by atoms with Gasteiger partial charge in [0.15, 0.2) is 11.6 Å². The second-order valence-corrected chi connectivity index (χ2v) is 5.39. The third kappa shape index (κ3) is 4.21. The Bertz CT molecular complexity index is 688. The predicted octanol–water partition coefficient (Wildman–Crippen LogP) is 4.37. The Hall–Kier alpha value is -2.07. The van der Waals surface area contributed by atoms with Crippen LogP contribution in [0.1, 0.15) is 17.5 Å². The molecule has 0 aliphatic heterocycles. The third-order valence-corrected chi connectivity index (χ3v) is 3.72. The van der Waals surface area contributed by atoms with Gasteiger partial charge in [0.2, 0.25) is 5.91 Å². The number of carbonyl (C=O) groups is 1. The number of amides is 1. The maximum atomic E-state index is 13.6. The number of hydrogen-bond acceptors (Lipinski definition) is 2. The standard InChI is InChI=1S/C17H17ClFNO2/c1-11-3-6-13(10-14(11)18)20-17(21)8-5-12-4-7-16(22-2)15(19)9-12/h3-4,6-7,9-10H,5,8H2,1-2H3,(H,20,21). The number of benzene rings is 2. The zero-order chi connectivity index (χ0) is 16.1. The van der Waals surface area contributed by atoms with Gasteiger partial charge in [-0.2, -0.15) is 0 Å². The molecule has 0 aliphatic carbocycles. The van der Waals surface area contributed by atoms with Crippen LogP contribution in [-0.2, 0) is 11.2 Å². The number of aryl methyl sites for hydroxylation is 2. The Morgan fingerprint density at radius 1 is 1.27 bits per heavy atom. The first-order valence-electron chi connectivity index (χ1n) is 6.88. The van der Waals surface area contributed by atoms with E-state index in [1.165, 1.54) is 13.2 Å². The van der Waals surface area contributed by atoms with E-state index in [-0.39, 0.29) is 18.1 Å². The van der Waals surface area contributed by atoms with Crippen molar-refractivity contribution in [2.45, 2.75) is 19.8 Å². The summed E-state index contributed by atoms with van der Waals surface area (Å²) >= 11 is 6.01. The fourth-order valence-corrected chi connectivity index (χ4v) is 2.20.